The molecule has 2 aromatic rings. The molecule has 0 radical (unpaired) electrons. The Morgan fingerprint density at radius 1 is 1.24 bits per heavy atom. The fraction of sp³-hybridized carbons (Fsp3) is 0.458. The lowest BCUT2D eigenvalue weighted by atomic mass is 9.99. The molecule has 178 valence electrons. The van der Waals surface area contributed by atoms with Gasteiger partial charge in [-0.05, 0) is 57.0 Å². The summed E-state index contributed by atoms with van der Waals surface area (Å²) in [7, 11) is 0. The molecular formula is C24H28F3N3O3. The van der Waals surface area contributed by atoms with Gasteiger partial charge in [0.25, 0.3) is 0 Å². The van der Waals surface area contributed by atoms with Crippen LogP contribution < -0.4 is 0 Å². The Hall–Kier alpha value is -2.94. The summed E-state index contributed by atoms with van der Waals surface area (Å²) in [6.45, 7) is 2.13. The maximum Gasteiger partial charge on any atom is 0.338 e. The van der Waals surface area contributed by atoms with Gasteiger partial charge in [0.2, 0.25) is 0 Å². The van der Waals surface area contributed by atoms with Crippen molar-refractivity contribution >= 4 is 11.9 Å². The highest BCUT2D eigenvalue weighted by molar-refractivity contribution is 5.89. The van der Waals surface area contributed by atoms with Crippen LogP contribution in [0.1, 0.15) is 41.4 Å². The topological polar surface area (TPSA) is 62.7 Å². The van der Waals surface area contributed by atoms with Crippen LogP contribution in [-0.2, 0) is 22.5 Å². The van der Waals surface area contributed by atoms with Crippen LogP contribution in [0, 0.1) is 5.92 Å². The van der Waals surface area contributed by atoms with Crippen LogP contribution in [0.25, 0.3) is 0 Å². The molecule has 2 heterocycles. The summed E-state index contributed by atoms with van der Waals surface area (Å²) in [6.07, 6.45) is 3.01. The molecule has 0 aliphatic carbocycles. The Balaban J connectivity index is 1.52. The van der Waals surface area contributed by atoms with E-state index in [1.54, 1.807) is 6.92 Å². The predicted molar refractivity (Wildman–Crippen MR) is 116 cm³/mol. The SMILES string of the molecule is CCOC(=O)c1ccnc(CN(F)C(=O)C(F)(F)[C@@H]2CCN(CCCc3ccccc3)C2)c1. The highest BCUT2D eigenvalue weighted by Crippen LogP contribution is 2.34. The summed E-state index contributed by atoms with van der Waals surface area (Å²) in [4.78, 5) is 29.8. The maximum atomic E-state index is 14.8. The van der Waals surface area contributed by atoms with Gasteiger partial charge in [-0.15, -0.1) is 0 Å². The Kier molecular flexibility index (Phi) is 8.43. The zero-order valence-corrected chi connectivity index (χ0v) is 18.6. The minimum Gasteiger partial charge on any atom is -0.462 e. The third-order valence-electron chi connectivity index (χ3n) is 5.70. The number of amides is 1. The summed E-state index contributed by atoms with van der Waals surface area (Å²) in [5, 5.41) is -0.519. The van der Waals surface area contributed by atoms with Gasteiger partial charge in [0.1, 0.15) is 0 Å². The highest BCUT2D eigenvalue weighted by atomic mass is 19.3. The molecule has 0 spiro atoms. The maximum absolute atomic E-state index is 14.8. The summed E-state index contributed by atoms with van der Waals surface area (Å²) in [5.74, 6) is -7.61. The summed E-state index contributed by atoms with van der Waals surface area (Å²) >= 11 is 0. The minimum atomic E-state index is -3.83. The van der Waals surface area contributed by atoms with E-state index < -0.39 is 35.4 Å². The average Bonchev–Trinajstić information content (AvgIpc) is 3.29. The van der Waals surface area contributed by atoms with Gasteiger partial charge in [0, 0.05) is 18.7 Å². The highest BCUT2D eigenvalue weighted by Gasteiger charge is 2.52. The van der Waals surface area contributed by atoms with Crippen molar-refractivity contribution in [3.63, 3.8) is 0 Å². The molecule has 3 rings (SSSR count). The Labute approximate surface area is 191 Å². The van der Waals surface area contributed by atoms with Crippen LogP contribution in [-0.4, -0.2) is 59.0 Å². The van der Waals surface area contributed by atoms with E-state index in [9.17, 15) is 22.9 Å². The van der Waals surface area contributed by atoms with Crippen molar-refractivity contribution in [3.05, 3.63) is 65.5 Å². The number of aryl methyl sites for hydroxylation is 1. The molecule has 0 N–H and O–H groups in total. The largest absolute Gasteiger partial charge is 0.462 e. The second-order valence-electron chi connectivity index (χ2n) is 8.08. The molecule has 6 nitrogen and oxygen atoms in total. The predicted octanol–water partition coefficient (Wildman–Crippen LogP) is 4.06. The Morgan fingerprint density at radius 2 is 2.00 bits per heavy atom. The Bertz CT molecular complexity index is 943. The number of pyridine rings is 1. The molecule has 1 aromatic carbocycles. The molecule has 0 bridgehead atoms. The quantitative estimate of drug-likeness (QED) is 0.393. The third kappa shape index (κ3) is 6.54. The van der Waals surface area contributed by atoms with E-state index in [2.05, 4.69) is 4.98 Å². The number of halogens is 3. The molecular weight excluding hydrogens is 435 g/mol. The fourth-order valence-electron chi connectivity index (χ4n) is 3.94. The number of ether oxygens (including phenoxy) is 1. The molecule has 1 saturated heterocycles. The molecule has 0 saturated carbocycles. The van der Waals surface area contributed by atoms with Gasteiger partial charge < -0.3 is 9.64 Å². The van der Waals surface area contributed by atoms with Gasteiger partial charge in [-0.1, -0.05) is 34.8 Å². The van der Waals surface area contributed by atoms with Crippen LogP contribution in [0.4, 0.5) is 13.3 Å². The number of likely N-dealkylation sites (tertiary alicyclic amines) is 1. The van der Waals surface area contributed by atoms with E-state index >= 15 is 0 Å². The number of carbonyl (C=O) groups excluding carboxylic acids is 2. The monoisotopic (exact) mass is 463 g/mol. The van der Waals surface area contributed by atoms with Crippen LogP contribution >= 0.6 is 0 Å². The molecule has 9 heteroatoms. The van der Waals surface area contributed by atoms with Crippen LogP contribution in [0.5, 0.6) is 0 Å². The van der Waals surface area contributed by atoms with E-state index in [-0.39, 0.29) is 30.8 Å². The van der Waals surface area contributed by atoms with Crippen molar-refractivity contribution in [1.29, 1.82) is 0 Å². The van der Waals surface area contributed by atoms with E-state index in [0.717, 1.165) is 12.8 Å². The van der Waals surface area contributed by atoms with Gasteiger partial charge in [0.05, 0.1) is 24.4 Å². The number of hydrogen-bond donors (Lipinski definition) is 0. The van der Waals surface area contributed by atoms with E-state index in [0.29, 0.717) is 13.1 Å². The second kappa shape index (κ2) is 11.3. The first kappa shape index (κ1) is 24.7. The van der Waals surface area contributed by atoms with Crippen molar-refractivity contribution in [2.45, 2.75) is 38.7 Å². The number of rotatable bonds is 10. The molecule has 1 amide bonds. The number of carbonyl (C=O) groups is 2. The van der Waals surface area contributed by atoms with Gasteiger partial charge in [-0.25, -0.2) is 4.79 Å². The lowest BCUT2D eigenvalue weighted by molar-refractivity contribution is -0.182. The molecule has 33 heavy (non-hydrogen) atoms. The molecule has 0 unspecified atom stereocenters. The average molecular weight is 464 g/mol. The van der Waals surface area contributed by atoms with Crippen LogP contribution in [0.2, 0.25) is 0 Å². The lowest BCUT2D eigenvalue weighted by Crippen LogP contribution is -2.45. The first-order valence-electron chi connectivity index (χ1n) is 11.0. The molecule has 1 atom stereocenters. The minimum absolute atomic E-state index is 0.0267. The smallest absolute Gasteiger partial charge is 0.338 e. The normalized spacial score (nSPS) is 16.5. The zero-order valence-electron chi connectivity index (χ0n) is 18.6. The number of benzene rings is 1. The number of esters is 1. The van der Waals surface area contributed by atoms with E-state index in [1.807, 2.05) is 35.2 Å². The van der Waals surface area contributed by atoms with Gasteiger partial charge in [-0.3, -0.25) is 9.78 Å². The van der Waals surface area contributed by atoms with Crippen LogP contribution in [0.3, 0.4) is 0 Å². The van der Waals surface area contributed by atoms with Crippen molar-refractivity contribution in [2.75, 3.05) is 26.2 Å². The molecule has 1 fully saturated rings. The summed E-state index contributed by atoms with van der Waals surface area (Å²) < 4.78 is 48.9. The van der Waals surface area contributed by atoms with E-state index in [1.165, 1.54) is 23.9 Å². The van der Waals surface area contributed by atoms with Crippen molar-refractivity contribution in [2.24, 2.45) is 5.92 Å². The summed E-state index contributed by atoms with van der Waals surface area (Å²) in [5.41, 5.74) is 1.26. The second-order valence-corrected chi connectivity index (χ2v) is 8.08. The molecule has 1 aliphatic heterocycles. The zero-order chi connectivity index (χ0) is 23.8. The van der Waals surface area contributed by atoms with Gasteiger partial charge in [0.15, 0.2) is 0 Å². The third-order valence-corrected chi connectivity index (χ3v) is 5.70. The van der Waals surface area contributed by atoms with Crippen molar-refractivity contribution < 1.29 is 27.6 Å². The number of nitrogens with zero attached hydrogens (tertiary/aromatic N) is 3. The van der Waals surface area contributed by atoms with Crippen LogP contribution in [0.15, 0.2) is 48.7 Å². The first-order valence-corrected chi connectivity index (χ1v) is 11.0. The van der Waals surface area contributed by atoms with Crippen molar-refractivity contribution in [1.82, 2.24) is 15.0 Å². The molecule has 1 aliphatic rings. The number of aromatic nitrogens is 1. The standard InChI is InChI=1S/C24H28F3N3O3/c1-2-33-22(31)19-10-12-28-21(15-19)17-30(27)23(32)24(25,26)20-11-14-29(16-20)13-6-9-18-7-4-3-5-8-18/h3-5,7-8,10,12,15,20H,2,6,9,11,13-14,16-17H2,1H3/t20-/m1/s1. The lowest BCUT2D eigenvalue weighted by Gasteiger charge is -2.25. The number of hydrogen-bond acceptors (Lipinski definition) is 5. The summed E-state index contributed by atoms with van der Waals surface area (Å²) in [6, 6.07) is 12.5. The van der Waals surface area contributed by atoms with E-state index in [4.69, 9.17) is 4.74 Å². The first-order chi connectivity index (χ1) is 15.8. The fourth-order valence-corrected chi connectivity index (χ4v) is 3.94. The number of alkyl halides is 2. The Morgan fingerprint density at radius 3 is 2.73 bits per heavy atom. The van der Waals surface area contributed by atoms with Gasteiger partial charge >= 0.3 is 17.8 Å². The molecule has 1 aromatic heterocycles. The van der Waals surface area contributed by atoms with Gasteiger partial charge in [-0.2, -0.15) is 13.9 Å². The van der Waals surface area contributed by atoms with Crippen molar-refractivity contribution in [3.8, 4) is 0 Å².